The fourth-order valence-corrected chi connectivity index (χ4v) is 5.75. The molecule has 1 fully saturated rings. The Morgan fingerprint density at radius 1 is 1.20 bits per heavy atom. The second-order valence-corrected chi connectivity index (χ2v) is 10.4. The average Bonchev–Trinajstić information content (AvgIpc) is 3.52. The minimum absolute atomic E-state index is 0.0764. The molecular formula is C26H25N7OS. The number of benzene rings is 1. The topological polar surface area (TPSA) is 80.3 Å². The quantitative estimate of drug-likeness (QED) is 0.395. The fourth-order valence-electron chi connectivity index (χ4n) is 4.98. The molecule has 1 aliphatic heterocycles. The van der Waals surface area contributed by atoms with Crippen LogP contribution in [0.25, 0.3) is 37.6 Å². The zero-order valence-electron chi connectivity index (χ0n) is 19.9. The first-order chi connectivity index (χ1) is 17.0. The van der Waals surface area contributed by atoms with Crippen molar-refractivity contribution in [1.82, 2.24) is 29.7 Å². The smallest absolute Gasteiger partial charge is 0.317 e. The number of urea groups is 1. The summed E-state index contributed by atoms with van der Waals surface area (Å²) in [7, 11) is 1.67. The number of pyridine rings is 1. The summed E-state index contributed by atoms with van der Waals surface area (Å²) in [6.45, 7) is 13.8. The Labute approximate surface area is 207 Å². The number of imidazole rings is 1. The predicted molar refractivity (Wildman–Crippen MR) is 137 cm³/mol. The van der Waals surface area contributed by atoms with Crippen LogP contribution in [-0.4, -0.2) is 44.0 Å². The lowest BCUT2D eigenvalue weighted by Gasteiger charge is -2.29. The zero-order chi connectivity index (χ0) is 24.3. The molecule has 176 valence electrons. The molecule has 0 saturated heterocycles. The molecule has 9 heteroatoms. The third-order valence-corrected chi connectivity index (χ3v) is 7.80. The van der Waals surface area contributed by atoms with Gasteiger partial charge in [0.25, 0.3) is 0 Å². The van der Waals surface area contributed by atoms with Crippen molar-refractivity contribution in [1.29, 1.82) is 0 Å². The molecule has 0 radical (unpaired) electrons. The number of amides is 2. The third kappa shape index (κ3) is 3.56. The molecule has 2 aliphatic rings. The van der Waals surface area contributed by atoms with Gasteiger partial charge in [0, 0.05) is 37.8 Å². The number of fused-ring (bicyclic) bond motifs is 2. The first-order valence-corrected chi connectivity index (χ1v) is 12.6. The van der Waals surface area contributed by atoms with Crippen molar-refractivity contribution in [3.8, 4) is 21.8 Å². The van der Waals surface area contributed by atoms with E-state index in [0.717, 1.165) is 68.5 Å². The van der Waals surface area contributed by atoms with Crippen molar-refractivity contribution in [3.05, 3.63) is 57.9 Å². The molecule has 3 aromatic heterocycles. The average molecular weight is 484 g/mol. The number of nitrogens with zero attached hydrogens (tertiary/aromatic N) is 6. The number of aryl methyl sites for hydroxylation is 2. The van der Waals surface area contributed by atoms with Gasteiger partial charge >= 0.3 is 6.03 Å². The maximum absolute atomic E-state index is 12.5. The lowest BCUT2D eigenvalue weighted by molar-refractivity contribution is 0.185. The molecule has 1 N–H and O–H groups in total. The van der Waals surface area contributed by atoms with Gasteiger partial charge in [0.2, 0.25) is 5.69 Å². The highest BCUT2D eigenvalue weighted by molar-refractivity contribution is 7.15. The first-order valence-electron chi connectivity index (χ1n) is 11.8. The summed E-state index contributed by atoms with van der Waals surface area (Å²) in [6.07, 6.45) is 4.11. The van der Waals surface area contributed by atoms with Crippen LogP contribution in [0.15, 0.2) is 24.4 Å². The van der Waals surface area contributed by atoms with Gasteiger partial charge in [0.05, 0.1) is 45.6 Å². The summed E-state index contributed by atoms with van der Waals surface area (Å²) in [4.78, 5) is 33.5. The summed E-state index contributed by atoms with van der Waals surface area (Å²) in [6, 6.07) is 5.96. The zero-order valence-corrected chi connectivity index (χ0v) is 20.7. The third-order valence-electron chi connectivity index (χ3n) is 6.88. The molecule has 1 saturated carbocycles. The van der Waals surface area contributed by atoms with Crippen molar-refractivity contribution in [2.75, 3.05) is 13.6 Å². The van der Waals surface area contributed by atoms with Crippen LogP contribution in [0.1, 0.15) is 40.8 Å². The van der Waals surface area contributed by atoms with Gasteiger partial charge in [-0.3, -0.25) is 4.98 Å². The molecule has 8 nitrogen and oxygen atoms in total. The molecular weight excluding hydrogens is 458 g/mol. The number of rotatable bonds is 3. The maximum atomic E-state index is 12.5. The van der Waals surface area contributed by atoms with Gasteiger partial charge in [-0.15, -0.1) is 11.3 Å². The monoisotopic (exact) mass is 483 g/mol. The minimum Gasteiger partial charge on any atom is -0.341 e. The molecule has 2 amide bonds. The molecule has 0 bridgehead atoms. The number of carbonyl (C=O) groups excluding carboxylic acids is 1. The Bertz CT molecular complexity index is 1540. The van der Waals surface area contributed by atoms with Crippen molar-refractivity contribution in [2.24, 2.45) is 0 Å². The predicted octanol–water partition coefficient (Wildman–Crippen LogP) is 5.42. The lowest BCUT2D eigenvalue weighted by Crippen LogP contribution is -2.43. The van der Waals surface area contributed by atoms with Crippen LogP contribution in [0.4, 0.5) is 10.5 Å². The van der Waals surface area contributed by atoms with Crippen molar-refractivity contribution >= 4 is 34.0 Å². The highest BCUT2D eigenvalue weighted by Gasteiger charge is 2.35. The highest BCUT2D eigenvalue weighted by Crippen LogP contribution is 2.45. The number of hydrogen-bond acceptors (Lipinski definition) is 5. The largest absolute Gasteiger partial charge is 0.341 e. The molecule has 1 aliphatic carbocycles. The molecule has 0 spiro atoms. The number of hydrogen-bond donors (Lipinski definition) is 1. The summed E-state index contributed by atoms with van der Waals surface area (Å²) in [5.41, 5.74) is 6.05. The van der Waals surface area contributed by atoms with Crippen LogP contribution in [0, 0.1) is 20.4 Å². The van der Waals surface area contributed by atoms with E-state index >= 15 is 0 Å². The van der Waals surface area contributed by atoms with Gasteiger partial charge in [-0.1, -0.05) is 6.07 Å². The van der Waals surface area contributed by atoms with Crippen molar-refractivity contribution in [3.63, 3.8) is 0 Å². The van der Waals surface area contributed by atoms with Crippen LogP contribution >= 0.6 is 11.3 Å². The number of nitrogens with one attached hydrogen (secondary N) is 1. The number of thiazole rings is 1. The maximum Gasteiger partial charge on any atom is 0.317 e. The molecule has 4 heterocycles. The van der Waals surface area contributed by atoms with Crippen LogP contribution in [0.2, 0.25) is 0 Å². The Morgan fingerprint density at radius 2 is 2.03 bits per heavy atom. The summed E-state index contributed by atoms with van der Waals surface area (Å²) < 4.78 is 2.32. The van der Waals surface area contributed by atoms with E-state index in [9.17, 15) is 4.79 Å². The Balaban J connectivity index is 1.57. The molecule has 4 aromatic rings. The van der Waals surface area contributed by atoms with E-state index in [1.54, 1.807) is 24.6 Å². The van der Waals surface area contributed by atoms with E-state index in [2.05, 4.69) is 32.7 Å². The van der Waals surface area contributed by atoms with E-state index in [1.165, 1.54) is 0 Å². The van der Waals surface area contributed by atoms with E-state index in [-0.39, 0.29) is 6.03 Å². The highest BCUT2D eigenvalue weighted by atomic mass is 32.1. The molecule has 0 atom stereocenters. The summed E-state index contributed by atoms with van der Waals surface area (Å²) >= 11 is 1.54. The van der Waals surface area contributed by atoms with Gasteiger partial charge in [-0.05, 0) is 49.8 Å². The Morgan fingerprint density at radius 3 is 2.71 bits per heavy atom. The molecule has 0 unspecified atom stereocenters. The first kappa shape index (κ1) is 21.7. The fraction of sp³-hybridized carbons (Fsp3) is 0.346. The van der Waals surface area contributed by atoms with Crippen LogP contribution in [-0.2, 0) is 13.1 Å². The van der Waals surface area contributed by atoms with E-state index in [4.69, 9.17) is 16.5 Å². The van der Waals surface area contributed by atoms with Crippen LogP contribution in [0.3, 0.4) is 0 Å². The standard InChI is InChI=1S/C26H25N7OS/c1-14-5-8-18-17(11-19(27-3)23(30-18)21-12-29-15(2)35-21)22(14)24-20-13-32(26(34)28-4)9-10-33(20)25(31-24)16-6-7-16/h5,8,11-12,16H,6-7,9-10,13H2,1-2,4H3,(H,28,34). The Hall–Kier alpha value is -3.77. The normalized spacial score (nSPS) is 15.2. The minimum atomic E-state index is -0.0764. The van der Waals surface area contributed by atoms with Gasteiger partial charge in [-0.2, -0.15) is 0 Å². The summed E-state index contributed by atoms with van der Waals surface area (Å²) in [5, 5.41) is 4.62. The van der Waals surface area contributed by atoms with Crippen molar-refractivity contribution < 1.29 is 4.79 Å². The van der Waals surface area contributed by atoms with E-state index < -0.39 is 0 Å². The van der Waals surface area contributed by atoms with E-state index in [1.807, 2.05) is 24.0 Å². The van der Waals surface area contributed by atoms with Crippen LogP contribution < -0.4 is 5.32 Å². The number of aromatic nitrogens is 4. The van der Waals surface area contributed by atoms with Gasteiger partial charge in [0.1, 0.15) is 5.82 Å². The van der Waals surface area contributed by atoms with Crippen molar-refractivity contribution in [2.45, 2.75) is 45.7 Å². The summed E-state index contributed by atoms with van der Waals surface area (Å²) in [5.74, 6) is 1.61. The SMILES string of the molecule is [C-]#[N+]c1cc2c(-c3nc(C4CC4)n4c3CN(C(=O)NC)CC4)c(C)ccc2nc1-c1cnc(C)s1. The second-order valence-electron chi connectivity index (χ2n) is 9.20. The lowest BCUT2D eigenvalue weighted by atomic mass is 9.97. The molecule has 6 rings (SSSR count). The number of carbonyl (C=O) groups is 1. The second kappa shape index (κ2) is 8.17. The van der Waals surface area contributed by atoms with Gasteiger partial charge < -0.3 is 14.8 Å². The van der Waals surface area contributed by atoms with E-state index in [0.29, 0.717) is 30.4 Å². The van der Waals surface area contributed by atoms with Crippen LogP contribution in [0.5, 0.6) is 0 Å². The molecule has 35 heavy (non-hydrogen) atoms. The van der Waals surface area contributed by atoms with Gasteiger partial charge in [0.15, 0.2) is 0 Å². The Kier molecular flexibility index (Phi) is 5.07. The van der Waals surface area contributed by atoms with Gasteiger partial charge in [-0.25, -0.2) is 19.6 Å². The molecule has 1 aromatic carbocycles.